The number of carbonyl (C=O) groups excluding carboxylic acids is 3. The van der Waals surface area contributed by atoms with Crippen LogP contribution in [0.3, 0.4) is 0 Å². The number of nitrogens with zero attached hydrogens (tertiary/aromatic N) is 3. The number of carbonyl (C=O) groups is 3. The van der Waals surface area contributed by atoms with Crippen LogP contribution < -0.4 is 14.7 Å². The SMILES string of the molecule is CCCN1C(=O)c2ccc(cc2)C#Cc2ccc(cc2)N(CCC)C(=O)c2ccc(cc2)C#Cc2ccc(cc2)N(CCC)C(=O)c2ccc(cc2)C#Cc2ccc1cc2.Cc1ccccc1.Cc1ccccc1.Cc1ccccc1.Cc1ccccc1. The summed E-state index contributed by atoms with van der Waals surface area (Å²) in [5.74, 6) is 19.0. The van der Waals surface area contributed by atoms with Crippen LogP contribution in [-0.4, -0.2) is 37.4 Å². The molecule has 0 fully saturated rings. The summed E-state index contributed by atoms with van der Waals surface area (Å²) in [6, 6.07) is 86.2. The van der Waals surface area contributed by atoms with Gasteiger partial charge in [-0.3, -0.25) is 14.4 Å². The Labute approximate surface area is 523 Å². The maximum atomic E-state index is 13.8. The zero-order valence-electron chi connectivity index (χ0n) is 51.7. The quantitative estimate of drug-likeness (QED) is 0.156. The van der Waals surface area contributed by atoms with Gasteiger partial charge in [-0.2, -0.15) is 0 Å². The second kappa shape index (κ2) is 34.9. The smallest absolute Gasteiger partial charge is 0.258 e. The van der Waals surface area contributed by atoms with Crippen LogP contribution in [-0.2, 0) is 0 Å². The molecule has 12 bridgehead atoms. The Morgan fingerprint density at radius 1 is 0.239 bits per heavy atom. The van der Waals surface area contributed by atoms with Gasteiger partial charge in [0.25, 0.3) is 17.7 Å². The van der Waals surface area contributed by atoms with Crippen molar-refractivity contribution in [2.75, 3.05) is 34.3 Å². The zero-order valence-corrected chi connectivity index (χ0v) is 51.7. The molecule has 10 aliphatic heterocycles. The van der Waals surface area contributed by atoms with Crippen LogP contribution in [0.25, 0.3) is 0 Å². The average Bonchev–Trinajstić information content (AvgIpc) is 2.87. The first-order valence-corrected chi connectivity index (χ1v) is 30.1. The van der Waals surface area contributed by atoms with Gasteiger partial charge in [-0.25, -0.2) is 0 Å². The molecule has 6 heteroatoms. The topological polar surface area (TPSA) is 60.9 Å². The summed E-state index contributed by atoms with van der Waals surface area (Å²) >= 11 is 0. The van der Waals surface area contributed by atoms with Gasteiger partial charge in [0.15, 0.2) is 0 Å². The molecule has 438 valence electrons. The maximum absolute atomic E-state index is 13.8. The molecular weight excluding hydrogens is 1070 g/mol. The van der Waals surface area contributed by atoms with Crippen molar-refractivity contribution in [2.24, 2.45) is 0 Å². The molecule has 0 aliphatic carbocycles. The van der Waals surface area contributed by atoms with Crippen LogP contribution in [0.4, 0.5) is 17.1 Å². The highest BCUT2D eigenvalue weighted by molar-refractivity contribution is 6.07. The third kappa shape index (κ3) is 20.8. The molecule has 3 amide bonds. The first-order chi connectivity index (χ1) is 42.9. The average molecular weight is 1150 g/mol. The van der Waals surface area contributed by atoms with Gasteiger partial charge in [0.2, 0.25) is 0 Å². The summed E-state index contributed by atoms with van der Waals surface area (Å²) in [6.07, 6.45) is 2.38. The van der Waals surface area contributed by atoms with Crippen molar-refractivity contribution in [3.05, 3.63) is 339 Å². The van der Waals surface area contributed by atoms with E-state index >= 15 is 0 Å². The van der Waals surface area contributed by atoms with Gasteiger partial charge in [0.05, 0.1) is 0 Å². The molecule has 10 aliphatic rings. The highest BCUT2D eigenvalue weighted by atomic mass is 16.2. The molecule has 0 saturated heterocycles. The minimum absolute atomic E-state index is 0.0889. The molecule has 10 aromatic rings. The summed E-state index contributed by atoms with van der Waals surface area (Å²) in [5, 5.41) is 0. The van der Waals surface area contributed by atoms with Crippen LogP contribution in [0, 0.1) is 63.2 Å². The van der Waals surface area contributed by atoms with Crippen molar-refractivity contribution in [3.8, 4) is 35.5 Å². The lowest BCUT2D eigenvalue weighted by Crippen LogP contribution is -2.31. The fraction of sp³-hybridized carbons (Fsp3) is 0.159. The van der Waals surface area contributed by atoms with Crippen molar-refractivity contribution in [2.45, 2.75) is 67.7 Å². The molecule has 0 spiro atoms. The van der Waals surface area contributed by atoms with Crippen molar-refractivity contribution in [1.29, 1.82) is 0 Å². The summed E-state index contributed by atoms with van der Waals surface area (Å²) in [6.45, 7) is 16.2. The van der Waals surface area contributed by atoms with Gasteiger partial charge in [0, 0.05) is 86.8 Å². The molecule has 6 nitrogen and oxygen atoms in total. The minimum atomic E-state index is -0.0889. The molecule has 0 N–H and O–H groups in total. The predicted molar refractivity (Wildman–Crippen MR) is 367 cm³/mol. The van der Waals surface area contributed by atoms with E-state index in [0.717, 1.165) is 69.7 Å². The van der Waals surface area contributed by atoms with E-state index < -0.39 is 0 Å². The minimum Gasteiger partial charge on any atom is -0.308 e. The Balaban J connectivity index is 0.000000318. The normalized spacial score (nSPS) is 11.4. The van der Waals surface area contributed by atoms with Crippen molar-refractivity contribution >= 4 is 34.8 Å². The summed E-state index contributed by atoms with van der Waals surface area (Å²) in [7, 11) is 0. The number of aryl methyl sites for hydroxylation is 4. The third-order valence-corrected chi connectivity index (χ3v) is 13.8. The van der Waals surface area contributed by atoms with E-state index in [-0.39, 0.29) is 17.7 Å². The Kier molecular flexibility index (Phi) is 25.7. The van der Waals surface area contributed by atoms with E-state index in [1.54, 1.807) is 14.7 Å². The maximum Gasteiger partial charge on any atom is 0.258 e. The van der Waals surface area contributed by atoms with Crippen molar-refractivity contribution < 1.29 is 14.4 Å². The number of rotatable bonds is 6. The summed E-state index contributed by atoms with van der Waals surface area (Å²) in [4.78, 5) is 46.6. The molecule has 20 rings (SSSR count). The largest absolute Gasteiger partial charge is 0.308 e. The molecule has 10 heterocycles. The second-order valence-electron chi connectivity index (χ2n) is 21.1. The van der Waals surface area contributed by atoms with E-state index in [9.17, 15) is 14.4 Å². The van der Waals surface area contributed by atoms with Crippen LogP contribution in [0.5, 0.6) is 0 Å². The Hall–Kier alpha value is -10.7. The van der Waals surface area contributed by atoms with Gasteiger partial charge in [0.1, 0.15) is 0 Å². The van der Waals surface area contributed by atoms with Gasteiger partial charge in [-0.1, -0.05) is 200 Å². The Morgan fingerprint density at radius 2 is 0.409 bits per heavy atom. The molecule has 0 aromatic heterocycles. The van der Waals surface area contributed by atoms with Gasteiger partial charge >= 0.3 is 0 Å². The lowest BCUT2D eigenvalue weighted by molar-refractivity contribution is 0.0979. The van der Waals surface area contributed by atoms with Gasteiger partial charge < -0.3 is 14.7 Å². The van der Waals surface area contributed by atoms with Crippen LogP contribution >= 0.6 is 0 Å². The standard InChI is InChI=1S/C54H45N3O3.4C7H8/c1-4-37-55-49-31-19-43(20-32-49)10-7-41-15-27-47(28-16-41)53(59)57(39-6-3)51-35-23-45(24-36-51)12-9-42-17-29-48(30-18-42)54(60)56(38-5-2)50-33-21-44(22-34-50)11-8-40-13-25-46(26-14-40)52(55)58;4*1-7-5-3-2-4-6-7/h13-36H,4-6,37-39H2,1-3H3;4*2-6H,1H3. The van der Waals surface area contributed by atoms with E-state index in [2.05, 4.69) is 133 Å². The monoisotopic (exact) mass is 1150 g/mol. The van der Waals surface area contributed by atoms with Crippen molar-refractivity contribution in [3.63, 3.8) is 0 Å². The third-order valence-electron chi connectivity index (χ3n) is 13.8. The number of benzene rings is 10. The number of hydrogen-bond donors (Lipinski definition) is 0. The second-order valence-corrected chi connectivity index (χ2v) is 21.1. The molecular formula is C82H77N3O3. The van der Waals surface area contributed by atoms with Gasteiger partial charge in [-0.15, -0.1) is 0 Å². The van der Waals surface area contributed by atoms with Gasteiger partial charge in [-0.05, 0) is 193 Å². The lowest BCUT2D eigenvalue weighted by Gasteiger charge is -2.22. The molecule has 0 unspecified atom stereocenters. The fourth-order valence-electron chi connectivity index (χ4n) is 9.02. The lowest BCUT2D eigenvalue weighted by atomic mass is 10.1. The first kappa shape index (κ1) is 64.8. The highest BCUT2D eigenvalue weighted by Crippen LogP contribution is 2.23. The zero-order chi connectivity index (χ0) is 62.3. The Morgan fingerprint density at radius 3 is 0.557 bits per heavy atom. The van der Waals surface area contributed by atoms with E-state index in [1.165, 1.54) is 22.3 Å². The van der Waals surface area contributed by atoms with E-state index in [1.807, 2.05) is 218 Å². The van der Waals surface area contributed by atoms with E-state index in [0.29, 0.717) is 36.3 Å². The van der Waals surface area contributed by atoms with E-state index in [4.69, 9.17) is 0 Å². The first-order valence-electron chi connectivity index (χ1n) is 30.1. The summed E-state index contributed by atoms with van der Waals surface area (Å²) in [5.41, 5.74) is 14.2. The van der Waals surface area contributed by atoms with Crippen molar-refractivity contribution in [1.82, 2.24) is 0 Å². The molecule has 0 atom stereocenters. The fourth-order valence-corrected chi connectivity index (χ4v) is 9.02. The summed E-state index contributed by atoms with van der Waals surface area (Å²) < 4.78 is 0. The van der Waals surface area contributed by atoms with Crippen LogP contribution in [0.15, 0.2) is 267 Å². The predicted octanol–water partition coefficient (Wildman–Crippen LogP) is 18.3. The molecule has 0 radical (unpaired) electrons. The number of amides is 3. The van der Waals surface area contributed by atoms with Crippen LogP contribution in [0.2, 0.25) is 0 Å². The molecule has 0 saturated carbocycles. The number of hydrogen-bond acceptors (Lipinski definition) is 3. The van der Waals surface area contributed by atoms with Crippen LogP contribution in [0.1, 0.15) is 127 Å². The number of anilines is 3. The highest BCUT2D eigenvalue weighted by Gasteiger charge is 2.20. The molecule has 10 aromatic carbocycles. The molecule has 88 heavy (non-hydrogen) atoms. The Bertz CT molecular complexity index is 3490.